The topological polar surface area (TPSA) is 24.9 Å². The monoisotopic (exact) mass is 182 g/mol. The van der Waals surface area contributed by atoms with Gasteiger partial charge in [0.15, 0.2) is 0 Å². The van der Waals surface area contributed by atoms with Gasteiger partial charge in [-0.25, -0.2) is 4.39 Å². The summed E-state index contributed by atoms with van der Waals surface area (Å²) in [4.78, 5) is 3.69. The predicted octanol–water partition coefficient (Wildman–Crippen LogP) is 1.76. The van der Waals surface area contributed by atoms with E-state index in [-0.39, 0.29) is 5.82 Å². The maximum Gasteiger partial charge on any atom is 0.144 e. The number of pyridine rings is 1. The van der Waals surface area contributed by atoms with Gasteiger partial charge in [-0.15, -0.1) is 0 Å². The fraction of sp³-hybridized carbons (Fsp3) is 0.500. The maximum atomic E-state index is 13.0. The van der Waals surface area contributed by atoms with Gasteiger partial charge < -0.3 is 5.32 Å². The molecular formula is C10H15FN2. The van der Waals surface area contributed by atoms with Gasteiger partial charge in [0, 0.05) is 6.20 Å². The molecule has 0 saturated heterocycles. The van der Waals surface area contributed by atoms with Crippen molar-refractivity contribution in [2.75, 3.05) is 13.1 Å². The van der Waals surface area contributed by atoms with E-state index < -0.39 is 0 Å². The average molecular weight is 182 g/mol. The smallest absolute Gasteiger partial charge is 0.144 e. The van der Waals surface area contributed by atoms with Gasteiger partial charge in [0.2, 0.25) is 0 Å². The number of hydrogen-bond donors (Lipinski definition) is 1. The molecule has 0 spiro atoms. The van der Waals surface area contributed by atoms with E-state index in [1.807, 2.05) is 0 Å². The third kappa shape index (κ3) is 3.51. The molecular weight excluding hydrogens is 167 g/mol. The molecule has 0 amide bonds. The van der Waals surface area contributed by atoms with Crippen molar-refractivity contribution in [1.82, 2.24) is 10.3 Å². The Bertz CT molecular complexity index is 250. The molecule has 1 N–H and O–H groups in total. The van der Waals surface area contributed by atoms with Crippen molar-refractivity contribution in [2.24, 2.45) is 0 Å². The summed E-state index contributed by atoms with van der Waals surface area (Å²) in [6.45, 7) is 3.93. The van der Waals surface area contributed by atoms with E-state index in [0.717, 1.165) is 31.5 Å². The van der Waals surface area contributed by atoms with E-state index in [4.69, 9.17) is 0 Å². The fourth-order valence-corrected chi connectivity index (χ4v) is 1.13. The Morgan fingerprint density at radius 2 is 2.31 bits per heavy atom. The molecule has 0 unspecified atom stereocenters. The van der Waals surface area contributed by atoms with Gasteiger partial charge in [0.1, 0.15) is 5.82 Å². The number of aromatic nitrogens is 1. The summed E-state index contributed by atoms with van der Waals surface area (Å²) in [5.74, 6) is -0.208. The zero-order chi connectivity index (χ0) is 9.52. The largest absolute Gasteiger partial charge is 0.316 e. The third-order valence-electron chi connectivity index (χ3n) is 1.85. The molecule has 2 nitrogen and oxygen atoms in total. The van der Waals surface area contributed by atoms with Crippen LogP contribution >= 0.6 is 0 Å². The lowest BCUT2D eigenvalue weighted by Crippen LogP contribution is -2.18. The van der Waals surface area contributed by atoms with Gasteiger partial charge in [0.25, 0.3) is 0 Å². The summed E-state index contributed by atoms with van der Waals surface area (Å²) < 4.78 is 13.0. The third-order valence-corrected chi connectivity index (χ3v) is 1.85. The Morgan fingerprint density at radius 3 is 3.00 bits per heavy atom. The normalized spacial score (nSPS) is 10.3. The van der Waals surface area contributed by atoms with Gasteiger partial charge in [-0.2, -0.15) is 0 Å². The Kier molecular flexibility index (Phi) is 4.40. The summed E-state index contributed by atoms with van der Waals surface area (Å²) in [6.07, 6.45) is 4.72. The highest BCUT2D eigenvalue weighted by molar-refractivity contribution is 5.12. The molecule has 3 heteroatoms. The Balaban J connectivity index is 2.32. The fourth-order valence-electron chi connectivity index (χ4n) is 1.13. The van der Waals surface area contributed by atoms with Crippen LogP contribution in [0.15, 0.2) is 18.5 Å². The van der Waals surface area contributed by atoms with Crippen LogP contribution in [0.2, 0.25) is 0 Å². The van der Waals surface area contributed by atoms with Crippen LogP contribution in [-0.4, -0.2) is 18.1 Å². The summed E-state index contributed by atoms with van der Waals surface area (Å²) in [7, 11) is 0. The van der Waals surface area contributed by atoms with E-state index in [1.165, 1.54) is 6.20 Å². The first kappa shape index (κ1) is 10.1. The highest BCUT2D eigenvalue weighted by Gasteiger charge is 1.99. The predicted molar refractivity (Wildman–Crippen MR) is 51.1 cm³/mol. The lowest BCUT2D eigenvalue weighted by Gasteiger charge is -2.03. The van der Waals surface area contributed by atoms with Crippen molar-refractivity contribution in [2.45, 2.75) is 19.8 Å². The van der Waals surface area contributed by atoms with Crippen LogP contribution in [-0.2, 0) is 6.42 Å². The Labute approximate surface area is 78.2 Å². The van der Waals surface area contributed by atoms with Crippen molar-refractivity contribution in [3.05, 3.63) is 29.8 Å². The molecule has 13 heavy (non-hydrogen) atoms. The molecule has 1 rings (SSSR count). The second kappa shape index (κ2) is 5.65. The van der Waals surface area contributed by atoms with Crippen LogP contribution in [0.1, 0.15) is 18.9 Å². The van der Waals surface area contributed by atoms with Crippen LogP contribution in [0.3, 0.4) is 0 Å². The minimum Gasteiger partial charge on any atom is -0.316 e. The van der Waals surface area contributed by atoms with Crippen LogP contribution in [0.5, 0.6) is 0 Å². The molecule has 72 valence electrons. The Morgan fingerprint density at radius 1 is 1.46 bits per heavy atom. The number of nitrogens with one attached hydrogen (secondary N) is 1. The van der Waals surface area contributed by atoms with E-state index in [9.17, 15) is 4.39 Å². The number of nitrogens with zero attached hydrogens (tertiary/aromatic N) is 1. The quantitative estimate of drug-likeness (QED) is 0.702. The molecule has 1 heterocycles. The molecule has 1 aromatic rings. The zero-order valence-electron chi connectivity index (χ0n) is 7.89. The van der Waals surface area contributed by atoms with E-state index in [2.05, 4.69) is 17.2 Å². The lowest BCUT2D eigenvalue weighted by atomic mass is 10.2. The van der Waals surface area contributed by atoms with Crippen molar-refractivity contribution < 1.29 is 4.39 Å². The summed E-state index contributed by atoms with van der Waals surface area (Å²) in [6, 6.07) is 1.73. The minimum absolute atomic E-state index is 0.208. The average Bonchev–Trinajstić information content (AvgIpc) is 2.15. The minimum atomic E-state index is -0.208. The second-order valence-electron chi connectivity index (χ2n) is 2.97. The molecule has 0 aliphatic rings. The number of halogens is 1. The van der Waals surface area contributed by atoms with Crippen LogP contribution in [0, 0.1) is 5.82 Å². The van der Waals surface area contributed by atoms with Crippen LogP contribution in [0.25, 0.3) is 0 Å². The molecule has 0 aromatic carbocycles. The van der Waals surface area contributed by atoms with Crippen molar-refractivity contribution >= 4 is 0 Å². The van der Waals surface area contributed by atoms with Crippen molar-refractivity contribution in [3.8, 4) is 0 Å². The molecule has 0 aliphatic heterocycles. The summed E-state index contributed by atoms with van der Waals surface area (Å²) in [5, 5.41) is 3.22. The van der Waals surface area contributed by atoms with E-state index in [1.54, 1.807) is 12.3 Å². The second-order valence-corrected chi connectivity index (χ2v) is 2.97. The Hall–Kier alpha value is -0.960. The summed E-state index contributed by atoms with van der Waals surface area (Å²) in [5.41, 5.74) is 0.735. The van der Waals surface area contributed by atoms with Crippen LogP contribution < -0.4 is 5.32 Å². The first-order chi connectivity index (χ1) is 6.34. The first-order valence-electron chi connectivity index (χ1n) is 4.63. The molecule has 0 aliphatic carbocycles. The van der Waals surface area contributed by atoms with E-state index in [0.29, 0.717) is 0 Å². The standard InChI is InChI=1S/C10H15FN2/c1-2-5-12-6-3-9-4-7-13-8-10(9)11/h4,7-8,12H,2-3,5-6H2,1H3. The lowest BCUT2D eigenvalue weighted by molar-refractivity contribution is 0.591. The van der Waals surface area contributed by atoms with Gasteiger partial charge in [-0.05, 0) is 37.6 Å². The van der Waals surface area contributed by atoms with Crippen molar-refractivity contribution in [1.29, 1.82) is 0 Å². The zero-order valence-corrected chi connectivity index (χ0v) is 7.89. The SMILES string of the molecule is CCCNCCc1ccncc1F. The molecule has 0 radical (unpaired) electrons. The number of rotatable bonds is 5. The summed E-state index contributed by atoms with van der Waals surface area (Å²) >= 11 is 0. The highest BCUT2D eigenvalue weighted by Crippen LogP contribution is 2.03. The molecule has 0 saturated carbocycles. The van der Waals surface area contributed by atoms with Gasteiger partial charge >= 0.3 is 0 Å². The van der Waals surface area contributed by atoms with E-state index >= 15 is 0 Å². The molecule has 0 bridgehead atoms. The first-order valence-corrected chi connectivity index (χ1v) is 4.63. The number of hydrogen-bond acceptors (Lipinski definition) is 2. The highest BCUT2D eigenvalue weighted by atomic mass is 19.1. The van der Waals surface area contributed by atoms with Gasteiger partial charge in [-0.3, -0.25) is 4.98 Å². The molecule has 0 atom stereocenters. The molecule has 1 aromatic heterocycles. The van der Waals surface area contributed by atoms with Crippen molar-refractivity contribution in [3.63, 3.8) is 0 Å². The van der Waals surface area contributed by atoms with Gasteiger partial charge in [0.05, 0.1) is 6.20 Å². The van der Waals surface area contributed by atoms with Crippen LogP contribution in [0.4, 0.5) is 4.39 Å². The maximum absolute atomic E-state index is 13.0. The van der Waals surface area contributed by atoms with Gasteiger partial charge in [-0.1, -0.05) is 6.92 Å². The molecule has 0 fully saturated rings.